The number of aryl methyl sites for hydroxylation is 1. The summed E-state index contributed by atoms with van der Waals surface area (Å²) in [7, 11) is 0. The van der Waals surface area contributed by atoms with Crippen molar-refractivity contribution in [2.24, 2.45) is 0 Å². The summed E-state index contributed by atoms with van der Waals surface area (Å²) < 4.78 is 12.9. The molecule has 1 heterocycles. The molecule has 0 spiro atoms. The summed E-state index contributed by atoms with van der Waals surface area (Å²) in [6.07, 6.45) is -0.262. The number of aliphatic carboxylic acids is 1. The minimum atomic E-state index is -1.03. The highest BCUT2D eigenvalue weighted by molar-refractivity contribution is 7.12. The number of hydrogen-bond donors (Lipinski definition) is 2. The molecule has 0 saturated carbocycles. The maximum absolute atomic E-state index is 12.9. The molecule has 2 rings (SSSR count). The lowest BCUT2D eigenvalue weighted by Crippen LogP contribution is -2.30. The quantitative estimate of drug-likeness (QED) is 0.892. The van der Waals surface area contributed by atoms with Gasteiger partial charge in [0.25, 0.3) is 5.91 Å². The van der Waals surface area contributed by atoms with E-state index in [1.807, 2.05) is 13.0 Å². The van der Waals surface area contributed by atoms with E-state index >= 15 is 0 Å². The third-order valence-corrected chi connectivity index (χ3v) is 4.04. The lowest BCUT2D eigenvalue weighted by Gasteiger charge is -2.17. The van der Waals surface area contributed by atoms with Gasteiger partial charge in [-0.05, 0) is 41.6 Å². The summed E-state index contributed by atoms with van der Waals surface area (Å²) in [6.45, 7) is 1.81. The smallest absolute Gasteiger partial charge is 0.305 e. The highest BCUT2D eigenvalue weighted by Gasteiger charge is 2.20. The largest absolute Gasteiger partial charge is 0.481 e. The highest BCUT2D eigenvalue weighted by atomic mass is 32.1. The van der Waals surface area contributed by atoms with Crippen LogP contribution < -0.4 is 5.32 Å². The van der Waals surface area contributed by atoms with E-state index < -0.39 is 17.8 Å². The first-order valence-electron chi connectivity index (χ1n) is 6.29. The van der Waals surface area contributed by atoms with Gasteiger partial charge in [-0.15, -0.1) is 11.3 Å². The maximum Gasteiger partial charge on any atom is 0.305 e. The standard InChI is InChI=1S/C15H14FNO3S/c1-9-6-7-21-14(9)15(20)17-12(8-13(18)19)10-2-4-11(16)5-3-10/h2-7,12H,8H2,1H3,(H,17,20)(H,18,19)/t12-/m0/s1. The van der Waals surface area contributed by atoms with Crippen molar-refractivity contribution in [2.75, 3.05) is 0 Å². The first-order valence-corrected chi connectivity index (χ1v) is 7.17. The first kappa shape index (κ1) is 15.2. The van der Waals surface area contributed by atoms with Crippen LogP contribution in [0.3, 0.4) is 0 Å². The Bertz CT molecular complexity index is 651. The van der Waals surface area contributed by atoms with E-state index in [9.17, 15) is 14.0 Å². The minimum Gasteiger partial charge on any atom is -0.481 e. The third kappa shape index (κ3) is 3.88. The van der Waals surface area contributed by atoms with Crippen molar-refractivity contribution in [3.63, 3.8) is 0 Å². The molecule has 1 atom stereocenters. The number of nitrogens with one attached hydrogen (secondary N) is 1. The predicted molar refractivity (Wildman–Crippen MR) is 77.9 cm³/mol. The van der Waals surface area contributed by atoms with Crippen molar-refractivity contribution in [3.8, 4) is 0 Å². The SMILES string of the molecule is Cc1ccsc1C(=O)N[C@@H](CC(=O)O)c1ccc(F)cc1. The van der Waals surface area contributed by atoms with Crippen molar-refractivity contribution < 1.29 is 19.1 Å². The van der Waals surface area contributed by atoms with Crippen LogP contribution in [0.25, 0.3) is 0 Å². The Hall–Kier alpha value is -2.21. The molecule has 0 radical (unpaired) electrons. The van der Waals surface area contributed by atoms with Gasteiger partial charge in [0.15, 0.2) is 0 Å². The molecule has 0 saturated heterocycles. The van der Waals surface area contributed by atoms with E-state index in [-0.39, 0.29) is 12.3 Å². The van der Waals surface area contributed by atoms with Crippen molar-refractivity contribution in [1.29, 1.82) is 0 Å². The number of carboxylic acid groups (broad SMARTS) is 1. The van der Waals surface area contributed by atoms with Crippen LogP contribution in [-0.4, -0.2) is 17.0 Å². The molecule has 21 heavy (non-hydrogen) atoms. The summed E-state index contributed by atoms with van der Waals surface area (Å²) in [5.41, 5.74) is 1.40. The van der Waals surface area contributed by atoms with Gasteiger partial charge in [-0.1, -0.05) is 12.1 Å². The first-order chi connectivity index (χ1) is 9.97. The van der Waals surface area contributed by atoms with Crippen LogP contribution in [0.1, 0.15) is 33.3 Å². The minimum absolute atomic E-state index is 0.262. The third-order valence-electron chi connectivity index (χ3n) is 3.02. The maximum atomic E-state index is 12.9. The molecular weight excluding hydrogens is 293 g/mol. The Labute approximate surface area is 125 Å². The zero-order chi connectivity index (χ0) is 15.4. The molecule has 0 aliphatic carbocycles. The van der Waals surface area contributed by atoms with Crippen molar-refractivity contribution in [2.45, 2.75) is 19.4 Å². The molecular formula is C15H14FNO3S. The van der Waals surface area contributed by atoms with Crippen LogP contribution in [0.15, 0.2) is 35.7 Å². The average molecular weight is 307 g/mol. The van der Waals surface area contributed by atoms with Crippen LogP contribution >= 0.6 is 11.3 Å². The number of thiophene rings is 1. The summed E-state index contributed by atoms with van der Waals surface area (Å²) in [4.78, 5) is 23.7. The fourth-order valence-corrected chi connectivity index (χ4v) is 2.78. The Morgan fingerprint density at radius 1 is 1.29 bits per heavy atom. The summed E-state index contributed by atoms with van der Waals surface area (Å²) in [5.74, 6) is -1.76. The molecule has 2 aromatic rings. The van der Waals surface area contributed by atoms with Gasteiger partial charge in [-0.25, -0.2) is 4.39 Å². The monoisotopic (exact) mass is 307 g/mol. The van der Waals surface area contributed by atoms with E-state index in [2.05, 4.69) is 5.32 Å². The second-order valence-corrected chi connectivity index (χ2v) is 5.52. The molecule has 2 N–H and O–H groups in total. The molecule has 0 fully saturated rings. The molecule has 110 valence electrons. The summed E-state index contributed by atoms with van der Waals surface area (Å²) >= 11 is 1.30. The molecule has 1 aromatic heterocycles. The average Bonchev–Trinajstić information content (AvgIpc) is 2.84. The number of halogens is 1. The summed E-state index contributed by atoms with van der Waals surface area (Å²) in [5, 5.41) is 13.5. The van der Waals surface area contributed by atoms with Gasteiger partial charge in [0.05, 0.1) is 17.3 Å². The molecule has 0 aliphatic rings. The fourth-order valence-electron chi connectivity index (χ4n) is 1.95. The molecule has 0 aliphatic heterocycles. The molecule has 0 unspecified atom stereocenters. The molecule has 4 nitrogen and oxygen atoms in total. The predicted octanol–water partition coefficient (Wildman–Crippen LogP) is 3.14. The Morgan fingerprint density at radius 2 is 1.95 bits per heavy atom. The van der Waals surface area contributed by atoms with E-state index in [1.165, 1.54) is 35.6 Å². The van der Waals surface area contributed by atoms with Gasteiger partial charge in [-0.3, -0.25) is 9.59 Å². The van der Waals surface area contributed by atoms with E-state index in [0.29, 0.717) is 10.4 Å². The van der Waals surface area contributed by atoms with E-state index in [0.717, 1.165) is 5.56 Å². The second kappa shape index (κ2) is 6.49. The number of carbonyl (C=O) groups excluding carboxylic acids is 1. The van der Waals surface area contributed by atoms with Gasteiger partial charge in [-0.2, -0.15) is 0 Å². The van der Waals surface area contributed by atoms with Crippen LogP contribution in [-0.2, 0) is 4.79 Å². The van der Waals surface area contributed by atoms with Gasteiger partial charge in [0, 0.05) is 0 Å². The lowest BCUT2D eigenvalue weighted by atomic mass is 10.0. The Morgan fingerprint density at radius 3 is 2.48 bits per heavy atom. The van der Waals surface area contributed by atoms with E-state index in [4.69, 9.17) is 5.11 Å². The summed E-state index contributed by atoms with van der Waals surface area (Å²) in [6, 6.07) is 6.56. The highest BCUT2D eigenvalue weighted by Crippen LogP contribution is 2.21. The molecule has 1 aromatic carbocycles. The molecule has 1 amide bonds. The number of hydrogen-bond acceptors (Lipinski definition) is 3. The van der Waals surface area contributed by atoms with Gasteiger partial charge < -0.3 is 10.4 Å². The van der Waals surface area contributed by atoms with Crippen molar-refractivity contribution in [1.82, 2.24) is 5.32 Å². The van der Waals surface area contributed by atoms with E-state index in [1.54, 1.807) is 5.38 Å². The Kier molecular flexibility index (Phi) is 4.70. The second-order valence-electron chi connectivity index (χ2n) is 4.61. The van der Waals surface area contributed by atoms with Crippen molar-refractivity contribution >= 4 is 23.2 Å². The Balaban J connectivity index is 2.20. The van der Waals surface area contributed by atoms with Gasteiger partial charge in [0.2, 0.25) is 0 Å². The number of rotatable bonds is 5. The topological polar surface area (TPSA) is 66.4 Å². The zero-order valence-electron chi connectivity index (χ0n) is 11.3. The lowest BCUT2D eigenvalue weighted by molar-refractivity contribution is -0.137. The zero-order valence-corrected chi connectivity index (χ0v) is 12.1. The van der Waals surface area contributed by atoms with Crippen LogP contribution in [0.4, 0.5) is 4.39 Å². The normalized spacial score (nSPS) is 11.9. The fraction of sp³-hybridized carbons (Fsp3) is 0.200. The number of carbonyl (C=O) groups is 2. The van der Waals surface area contributed by atoms with Crippen molar-refractivity contribution in [3.05, 3.63) is 57.5 Å². The number of carboxylic acids is 1. The van der Waals surface area contributed by atoms with Gasteiger partial charge >= 0.3 is 5.97 Å². The molecule has 0 bridgehead atoms. The van der Waals surface area contributed by atoms with Gasteiger partial charge in [0.1, 0.15) is 5.82 Å². The number of amides is 1. The molecule has 6 heteroatoms. The van der Waals surface area contributed by atoms with Crippen LogP contribution in [0, 0.1) is 12.7 Å². The van der Waals surface area contributed by atoms with Crippen LogP contribution in [0.5, 0.6) is 0 Å². The van der Waals surface area contributed by atoms with Crippen LogP contribution in [0.2, 0.25) is 0 Å². The number of benzene rings is 1.